The number of carbonyl (C=O) groups is 13. The molecule has 95 heavy (non-hydrogen) atoms. The van der Waals surface area contributed by atoms with Crippen molar-refractivity contribution < 1.29 is 62.3 Å². The number of nitrogens with two attached hydrogens (primary N) is 7. The first kappa shape index (κ1) is 78.5. The summed E-state index contributed by atoms with van der Waals surface area (Å²) in [6.07, 6.45) is 3.12. The van der Waals surface area contributed by atoms with E-state index in [4.69, 9.17) is 40.1 Å². The van der Waals surface area contributed by atoms with Gasteiger partial charge in [-0.05, 0) is 119 Å². The minimum Gasteiger partial charge on any atom is -0.370 e. The van der Waals surface area contributed by atoms with Crippen molar-refractivity contribution in [3.8, 4) is 0 Å². The summed E-state index contributed by atoms with van der Waals surface area (Å²) >= 11 is 1.45. The third kappa shape index (κ3) is 27.5. The minimum atomic E-state index is -1.64. The Labute approximate surface area is 558 Å². The van der Waals surface area contributed by atoms with Crippen LogP contribution in [0.5, 0.6) is 0 Å². The molecule has 0 bridgehead atoms. The number of guanidine groups is 1. The maximum Gasteiger partial charge on any atom is 0.245 e. The molecule has 2 aromatic rings. The Morgan fingerprint density at radius 2 is 1.01 bits per heavy atom. The van der Waals surface area contributed by atoms with Gasteiger partial charge < -0.3 is 92.5 Å². The normalized spacial score (nSPS) is 16.8. The monoisotopic (exact) mass is 1350 g/mol. The molecule has 0 aromatic heterocycles. The number of thioether (sulfide) groups is 1. The quantitative estimate of drug-likeness (QED) is 0.0173. The average Bonchev–Trinajstić information content (AvgIpc) is 1.74. The predicted molar refractivity (Wildman–Crippen MR) is 356 cm³/mol. The summed E-state index contributed by atoms with van der Waals surface area (Å²) in [7, 11) is 0. The number of rotatable bonds is 42. The summed E-state index contributed by atoms with van der Waals surface area (Å²) in [6, 6.07) is 4.51. The van der Waals surface area contributed by atoms with Crippen LogP contribution in [0.15, 0.2) is 65.7 Å². The lowest BCUT2D eigenvalue weighted by Crippen LogP contribution is -2.60. The van der Waals surface area contributed by atoms with Gasteiger partial charge in [0.05, 0.1) is 12.6 Å². The van der Waals surface area contributed by atoms with Crippen LogP contribution in [0.3, 0.4) is 0 Å². The standard InChI is InChI=1S/C63H98N18O13S/c1-37(2)33-45(57(89)74-41(53(68)85)27-32-95-3)73-52(84)36-72-54(86)46(34-38-15-6-4-7-16-38)78-58(90)47(35-39-17-8-5-9-18-39)79-56(88)42(23-25-50(66)82)75-55(87)43(24-26-51(67)83)76-59(91)49-22-14-31-81(49)62(94)44(20-10-11-28-64)77-60(92)48-21-13-30-80(48)61(93)40(65)19-12-29-71-63(69)70/h4-9,15-18,37,40-49H,10-14,19-36,64-65H2,1-3H3,(H2,66,82)(H2,67,83)(H2,68,85)(H,72,86)(H,73,84)(H,74,89)(H,75,87)(H,76,91)(H,77,92)(H,78,90)(H,79,88)(H4,69,70,71)/t40-,41-,42-,43-,44-,45-,46-,47+,48-,49+/m0/s1. The number of primary amides is 3. The highest BCUT2D eigenvalue weighted by atomic mass is 32.2. The van der Waals surface area contributed by atoms with E-state index in [1.807, 2.05) is 20.1 Å². The molecule has 2 aliphatic rings. The van der Waals surface area contributed by atoms with Crippen LogP contribution in [0.25, 0.3) is 0 Å². The van der Waals surface area contributed by atoms with Crippen molar-refractivity contribution in [2.45, 2.75) is 183 Å². The first-order chi connectivity index (χ1) is 45.2. The first-order valence-corrected chi connectivity index (χ1v) is 33.6. The van der Waals surface area contributed by atoms with Gasteiger partial charge in [-0.3, -0.25) is 67.3 Å². The molecule has 2 aliphatic heterocycles. The largest absolute Gasteiger partial charge is 0.370 e. The van der Waals surface area contributed by atoms with Gasteiger partial charge >= 0.3 is 0 Å². The van der Waals surface area contributed by atoms with E-state index in [1.165, 1.54) is 21.6 Å². The number of carbonyl (C=O) groups excluding carboxylic acids is 13. The third-order valence-electron chi connectivity index (χ3n) is 16.0. The fraction of sp³-hybridized carbons (Fsp3) is 0.587. The highest BCUT2D eigenvalue weighted by molar-refractivity contribution is 7.98. The fourth-order valence-electron chi connectivity index (χ4n) is 11.0. The van der Waals surface area contributed by atoms with E-state index in [1.54, 1.807) is 60.7 Å². The highest BCUT2D eigenvalue weighted by Crippen LogP contribution is 2.24. The summed E-state index contributed by atoms with van der Waals surface area (Å²) in [5.41, 5.74) is 40.6. The third-order valence-corrected chi connectivity index (χ3v) is 16.7. The van der Waals surface area contributed by atoms with Gasteiger partial charge in [-0.1, -0.05) is 74.5 Å². The second kappa shape index (κ2) is 41.0. The van der Waals surface area contributed by atoms with E-state index in [0.29, 0.717) is 55.4 Å². The molecule has 0 spiro atoms. The van der Waals surface area contributed by atoms with E-state index >= 15 is 0 Å². The van der Waals surface area contributed by atoms with Gasteiger partial charge in [0.15, 0.2) is 5.96 Å². The van der Waals surface area contributed by atoms with Gasteiger partial charge in [-0.15, -0.1) is 0 Å². The molecule has 0 radical (unpaired) electrons. The van der Waals surface area contributed by atoms with Crippen molar-refractivity contribution in [3.63, 3.8) is 0 Å². The van der Waals surface area contributed by atoms with Crippen molar-refractivity contribution >= 4 is 94.5 Å². The molecule has 0 saturated carbocycles. The van der Waals surface area contributed by atoms with Crippen LogP contribution in [0, 0.1) is 5.92 Å². The Hall–Kier alpha value is -8.91. The van der Waals surface area contributed by atoms with E-state index < -0.39 is 169 Å². The first-order valence-electron chi connectivity index (χ1n) is 32.2. The van der Waals surface area contributed by atoms with Crippen molar-refractivity contribution in [3.05, 3.63) is 71.8 Å². The van der Waals surface area contributed by atoms with Gasteiger partial charge in [0.1, 0.15) is 54.4 Å². The Bertz CT molecular complexity index is 2960. The van der Waals surface area contributed by atoms with Gasteiger partial charge in [0.25, 0.3) is 0 Å². The number of unbranched alkanes of at least 4 members (excludes halogenated alkanes) is 1. The molecule has 2 aromatic carbocycles. The molecular formula is C63H98N18O13S. The van der Waals surface area contributed by atoms with Crippen LogP contribution in [-0.2, 0) is 75.2 Å². The number of hydrogen-bond donors (Lipinski definition) is 15. The molecule has 4 rings (SSSR count). The second-order valence-electron chi connectivity index (χ2n) is 24.1. The summed E-state index contributed by atoms with van der Waals surface area (Å²) in [6.45, 7) is 3.86. The molecule has 524 valence electrons. The Balaban J connectivity index is 1.56. The molecule has 13 amide bonds. The molecule has 22 N–H and O–H groups in total. The number of nitrogens with one attached hydrogen (secondary N) is 8. The molecule has 2 heterocycles. The van der Waals surface area contributed by atoms with Crippen molar-refractivity contribution in [2.75, 3.05) is 44.7 Å². The van der Waals surface area contributed by atoms with E-state index in [-0.39, 0.29) is 83.0 Å². The van der Waals surface area contributed by atoms with Crippen molar-refractivity contribution in [1.29, 1.82) is 0 Å². The average molecular weight is 1350 g/mol. The van der Waals surface area contributed by atoms with Gasteiger partial charge in [0.2, 0.25) is 76.8 Å². The van der Waals surface area contributed by atoms with Crippen molar-refractivity contribution in [1.82, 2.24) is 52.3 Å². The molecule has 0 unspecified atom stereocenters. The summed E-state index contributed by atoms with van der Waals surface area (Å²) in [5, 5.41) is 21.1. The number of nitrogens with zero attached hydrogens (tertiary/aromatic N) is 3. The van der Waals surface area contributed by atoms with Crippen molar-refractivity contribution in [2.24, 2.45) is 51.0 Å². The van der Waals surface area contributed by atoms with Crippen LogP contribution < -0.4 is 82.7 Å². The molecule has 2 saturated heterocycles. The second-order valence-corrected chi connectivity index (χ2v) is 25.1. The molecule has 10 atom stereocenters. The molecule has 32 heteroatoms. The number of amides is 13. The zero-order chi connectivity index (χ0) is 70.1. The zero-order valence-corrected chi connectivity index (χ0v) is 55.3. The molecular weight excluding hydrogens is 1250 g/mol. The number of likely N-dealkylation sites (tertiary alicyclic amines) is 2. The summed E-state index contributed by atoms with van der Waals surface area (Å²) < 4.78 is 0. The van der Waals surface area contributed by atoms with Gasteiger partial charge in [0, 0.05) is 45.3 Å². The lowest BCUT2D eigenvalue weighted by atomic mass is 10.0. The lowest BCUT2D eigenvalue weighted by Gasteiger charge is -2.32. The van der Waals surface area contributed by atoms with Crippen LogP contribution >= 0.6 is 11.8 Å². The highest BCUT2D eigenvalue weighted by Gasteiger charge is 2.42. The zero-order valence-electron chi connectivity index (χ0n) is 54.5. The molecule has 0 aliphatic carbocycles. The maximum atomic E-state index is 14.7. The van der Waals surface area contributed by atoms with Crippen LogP contribution in [0.1, 0.15) is 121 Å². The number of aliphatic imine (C=N–C) groups is 1. The molecule has 31 nitrogen and oxygen atoms in total. The minimum absolute atomic E-state index is 0.0736. The van der Waals surface area contributed by atoms with Gasteiger partial charge in [-0.2, -0.15) is 11.8 Å². The summed E-state index contributed by atoms with van der Waals surface area (Å²) in [5.74, 6) is -9.80. The fourth-order valence-corrected chi connectivity index (χ4v) is 11.5. The Morgan fingerprint density at radius 3 is 1.51 bits per heavy atom. The lowest BCUT2D eigenvalue weighted by molar-refractivity contribution is -0.144. The van der Waals surface area contributed by atoms with Gasteiger partial charge in [-0.25, -0.2) is 0 Å². The SMILES string of the molecule is CSCC[C@H](NC(=O)[C@H](CC(C)C)NC(=O)CNC(=O)[C@H](Cc1ccccc1)NC(=O)[C@@H](Cc1ccccc1)NC(=O)[C@H](CCC(N)=O)NC(=O)[C@H](CCC(N)=O)NC(=O)[C@H]1CCCN1C(=O)[C@H](CCCCN)NC(=O)[C@@H]1CCCN1C(=O)[C@@H](N)CCCN=C(N)N)C(N)=O. The van der Waals surface area contributed by atoms with E-state index in [0.717, 1.165) is 0 Å². The van der Waals surface area contributed by atoms with E-state index in [2.05, 4.69) is 47.5 Å². The van der Waals surface area contributed by atoms with Crippen LogP contribution in [0.2, 0.25) is 0 Å². The smallest absolute Gasteiger partial charge is 0.245 e. The Morgan fingerprint density at radius 1 is 0.537 bits per heavy atom. The topological polar surface area (TPSA) is 519 Å². The number of benzene rings is 2. The van der Waals surface area contributed by atoms with E-state index in [9.17, 15) is 62.3 Å². The van der Waals surface area contributed by atoms with Crippen LogP contribution in [0.4, 0.5) is 0 Å². The van der Waals surface area contributed by atoms with Crippen LogP contribution in [-0.4, -0.2) is 198 Å². The molecule has 2 fully saturated rings. The summed E-state index contributed by atoms with van der Waals surface area (Å²) in [4.78, 5) is 185. The predicted octanol–water partition coefficient (Wildman–Crippen LogP) is -3.71. The maximum absolute atomic E-state index is 14.7. The number of hydrogen-bond acceptors (Lipinski definition) is 17. The Kier molecular flexibility index (Phi) is 33.9.